The summed E-state index contributed by atoms with van der Waals surface area (Å²) in [5.41, 5.74) is 2.96. The van der Waals surface area contributed by atoms with Gasteiger partial charge >= 0.3 is 0 Å². The number of hydrogen-bond acceptors (Lipinski definition) is 6. The molecular formula is C26H33N5O2S. The number of ether oxygens (including phenoxy) is 1. The van der Waals surface area contributed by atoms with E-state index in [1.54, 1.807) is 7.11 Å². The second-order valence-corrected chi connectivity index (χ2v) is 9.71. The number of anilines is 1. The van der Waals surface area contributed by atoms with Gasteiger partial charge in [-0.3, -0.25) is 14.3 Å². The molecule has 0 radical (unpaired) electrons. The molecule has 0 spiro atoms. The van der Waals surface area contributed by atoms with Crippen LogP contribution < -0.4 is 10.1 Å². The van der Waals surface area contributed by atoms with Crippen LogP contribution in [-0.4, -0.2) is 51.5 Å². The highest BCUT2D eigenvalue weighted by Crippen LogP contribution is 2.26. The zero-order chi connectivity index (χ0) is 23.9. The lowest BCUT2D eigenvalue weighted by Gasteiger charge is -2.31. The van der Waals surface area contributed by atoms with Crippen molar-refractivity contribution in [1.29, 1.82) is 0 Å². The molecule has 34 heavy (non-hydrogen) atoms. The summed E-state index contributed by atoms with van der Waals surface area (Å²) in [7, 11) is 3.84. The van der Waals surface area contributed by atoms with Crippen molar-refractivity contribution >= 4 is 23.4 Å². The number of hydrogen-bond donors (Lipinski definition) is 1. The first kappa shape index (κ1) is 24.3. The molecule has 1 aromatic heterocycles. The van der Waals surface area contributed by atoms with E-state index in [0.717, 1.165) is 35.1 Å². The van der Waals surface area contributed by atoms with Gasteiger partial charge in [-0.05, 0) is 62.7 Å². The van der Waals surface area contributed by atoms with Crippen molar-refractivity contribution in [3.05, 3.63) is 59.9 Å². The maximum atomic E-state index is 12.8. The molecule has 0 saturated heterocycles. The normalized spacial score (nSPS) is 14.4. The smallest absolute Gasteiger partial charge is 0.234 e. The Balaban J connectivity index is 1.39. The van der Waals surface area contributed by atoms with Crippen LogP contribution in [-0.2, 0) is 11.3 Å². The minimum absolute atomic E-state index is 0.0558. The fourth-order valence-corrected chi connectivity index (χ4v) is 5.28. The summed E-state index contributed by atoms with van der Waals surface area (Å²) in [5, 5.41) is 12.3. The summed E-state index contributed by atoms with van der Waals surface area (Å²) in [6.07, 6.45) is 6.49. The molecule has 4 rings (SSSR count). The highest BCUT2D eigenvalue weighted by atomic mass is 32.2. The Morgan fingerprint density at radius 1 is 1.12 bits per heavy atom. The number of nitrogens with one attached hydrogen (secondary N) is 1. The van der Waals surface area contributed by atoms with Crippen LogP contribution in [0.3, 0.4) is 0 Å². The first-order chi connectivity index (χ1) is 16.5. The van der Waals surface area contributed by atoms with Gasteiger partial charge in [-0.2, -0.15) is 0 Å². The monoisotopic (exact) mass is 479 g/mol. The molecule has 0 atom stereocenters. The Hall–Kier alpha value is -2.84. The van der Waals surface area contributed by atoms with E-state index in [1.165, 1.54) is 43.9 Å². The Bertz CT molecular complexity index is 1090. The zero-order valence-corrected chi connectivity index (χ0v) is 21.0. The van der Waals surface area contributed by atoms with Crippen LogP contribution in [0.25, 0.3) is 5.69 Å². The average molecular weight is 480 g/mol. The molecule has 7 nitrogen and oxygen atoms in total. The molecule has 1 heterocycles. The number of aromatic nitrogens is 3. The highest BCUT2D eigenvalue weighted by molar-refractivity contribution is 7.99. The second-order valence-electron chi connectivity index (χ2n) is 8.76. The molecule has 1 saturated carbocycles. The van der Waals surface area contributed by atoms with Crippen LogP contribution in [0.15, 0.2) is 53.7 Å². The maximum Gasteiger partial charge on any atom is 0.234 e. The van der Waals surface area contributed by atoms with E-state index in [-0.39, 0.29) is 11.7 Å². The van der Waals surface area contributed by atoms with Crippen LogP contribution in [0.5, 0.6) is 5.75 Å². The van der Waals surface area contributed by atoms with E-state index in [0.29, 0.717) is 11.2 Å². The molecule has 1 amide bonds. The summed E-state index contributed by atoms with van der Waals surface area (Å²) in [4.78, 5) is 15.3. The van der Waals surface area contributed by atoms with Crippen molar-refractivity contribution in [3.8, 4) is 11.4 Å². The van der Waals surface area contributed by atoms with Crippen molar-refractivity contribution in [2.75, 3.05) is 25.2 Å². The van der Waals surface area contributed by atoms with Crippen molar-refractivity contribution in [2.45, 2.75) is 56.8 Å². The molecule has 1 aliphatic carbocycles. The summed E-state index contributed by atoms with van der Waals surface area (Å²) in [6, 6.07) is 16.4. The fraction of sp³-hybridized carbons (Fsp3) is 0.423. The number of carbonyl (C=O) groups is 1. The third-order valence-corrected chi connectivity index (χ3v) is 7.30. The first-order valence-electron chi connectivity index (χ1n) is 11.8. The van der Waals surface area contributed by atoms with E-state index in [1.807, 2.05) is 54.0 Å². The Kier molecular flexibility index (Phi) is 8.24. The molecule has 1 N–H and O–H groups in total. The van der Waals surface area contributed by atoms with Crippen LogP contribution in [0.1, 0.15) is 43.5 Å². The van der Waals surface area contributed by atoms with E-state index in [9.17, 15) is 4.79 Å². The fourth-order valence-electron chi connectivity index (χ4n) is 4.48. The number of para-hydroxylation sites is 1. The summed E-state index contributed by atoms with van der Waals surface area (Å²) in [6.45, 7) is 2.74. The largest absolute Gasteiger partial charge is 0.497 e. The van der Waals surface area contributed by atoms with Crippen LogP contribution >= 0.6 is 11.8 Å². The molecule has 2 aromatic carbocycles. The Morgan fingerprint density at radius 2 is 1.85 bits per heavy atom. The SMILES string of the molecule is COc1ccc(-n2c(C)nnc2SCC(=O)Nc2ccccc2CN(C)C2CCCCC2)cc1. The van der Waals surface area contributed by atoms with E-state index < -0.39 is 0 Å². The van der Waals surface area contributed by atoms with Crippen molar-refractivity contribution < 1.29 is 9.53 Å². The number of amides is 1. The number of rotatable bonds is 9. The molecule has 180 valence electrons. The van der Waals surface area contributed by atoms with Gasteiger partial charge in [0.25, 0.3) is 0 Å². The molecule has 0 aliphatic heterocycles. The van der Waals surface area contributed by atoms with Gasteiger partial charge in [0.1, 0.15) is 11.6 Å². The van der Waals surface area contributed by atoms with Gasteiger partial charge in [-0.1, -0.05) is 49.2 Å². The van der Waals surface area contributed by atoms with Crippen molar-refractivity contribution in [3.63, 3.8) is 0 Å². The number of aryl methyl sites for hydroxylation is 1. The second kappa shape index (κ2) is 11.5. The zero-order valence-electron chi connectivity index (χ0n) is 20.2. The first-order valence-corrected chi connectivity index (χ1v) is 12.8. The number of thioether (sulfide) groups is 1. The molecule has 1 aliphatic rings. The summed E-state index contributed by atoms with van der Waals surface area (Å²) < 4.78 is 7.20. The molecule has 0 unspecified atom stereocenters. The standard InChI is InChI=1S/C26H33N5O2S/c1-19-28-29-26(31(19)22-13-15-23(33-3)16-14-22)34-18-25(32)27-24-12-8-7-9-20(24)17-30(2)21-10-5-4-6-11-21/h7-9,12-16,21H,4-6,10-11,17-18H2,1-3H3,(H,27,32). The lowest BCUT2D eigenvalue weighted by Crippen LogP contribution is -2.33. The van der Waals surface area contributed by atoms with Gasteiger partial charge < -0.3 is 10.1 Å². The number of nitrogens with zero attached hydrogens (tertiary/aromatic N) is 4. The van der Waals surface area contributed by atoms with Gasteiger partial charge in [-0.15, -0.1) is 10.2 Å². The molecule has 0 bridgehead atoms. The molecule has 1 fully saturated rings. The van der Waals surface area contributed by atoms with Gasteiger partial charge in [0, 0.05) is 24.0 Å². The average Bonchev–Trinajstić information content (AvgIpc) is 3.24. The number of carbonyl (C=O) groups excluding carboxylic acids is 1. The van der Waals surface area contributed by atoms with Crippen LogP contribution in [0, 0.1) is 6.92 Å². The van der Waals surface area contributed by atoms with E-state index in [2.05, 4.69) is 33.5 Å². The molecular weight excluding hydrogens is 446 g/mol. The quantitative estimate of drug-likeness (QED) is 0.432. The van der Waals surface area contributed by atoms with Gasteiger partial charge in [0.05, 0.1) is 12.9 Å². The van der Waals surface area contributed by atoms with Crippen molar-refractivity contribution in [2.24, 2.45) is 0 Å². The van der Waals surface area contributed by atoms with E-state index in [4.69, 9.17) is 4.74 Å². The van der Waals surface area contributed by atoms with Crippen LogP contribution in [0.2, 0.25) is 0 Å². The third-order valence-electron chi connectivity index (χ3n) is 6.37. The topological polar surface area (TPSA) is 72.3 Å². The third kappa shape index (κ3) is 5.98. The van der Waals surface area contributed by atoms with Gasteiger partial charge in [0.15, 0.2) is 5.16 Å². The highest BCUT2D eigenvalue weighted by Gasteiger charge is 2.19. The van der Waals surface area contributed by atoms with Crippen LogP contribution in [0.4, 0.5) is 5.69 Å². The molecule has 3 aromatic rings. The van der Waals surface area contributed by atoms with Gasteiger partial charge in [0.2, 0.25) is 5.91 Å². The minimum Gasteiger partial charge on any atom is -0.497 e. The summed E-state index contributed by atoms with van der Waals surface area (Å²) >= 11 is 1.38. The predicted octanol–water partition coefficient (Wildman–Crippen LogP) is 5.08. The summed E-state index contributed by atoms with van der Waals surface area (Å²) in [5.74, 6) is 1.75. The maximum absolute atomic E-state index is 12.8. The minimum atomic E-state index is -0.0558. The lowest BCUT2D eigenvalue weighted by molar-refractivity contribution is -0.113. The van der Waals surface area contributed by atoms with Gasteiger partial charge in [-0.25, -0.2) is 0 Å². The van der Waals surface area contributed by atoms with Crippen molar-refractivity contribution in [1.82, 2.24) is 19.7 Å². The Labute approximate surface area is 205 Å². The molecule has 8 heteroatoms. The lowest BCUT2D eigenvalue weighted by atomic mass is 9.94. The number of benzene rings is 2. The van der Waals surface area contributed by atoms with E-state index >= 15 is 0 Å². The Morgan fingerprint density at radius 3 is 2.59 bits per heavy atom. The predicted molar refractivity (Wildman–Crippen MR) is 137 cm³/mol. The number of methoxy groups -OCH3 is 1.